The highest BCUT2D eigenvalue weighted by Crippen LogP contribution is 1.92. The maximum atomic E-state index is 8.71. The normalized spacial score (nSPS) is 13.3. The number of allylic oxidation sites excluding steroid dienone is 3. The van der Waals surface area contributed by atoms with Gasteiger partial charge < -0.3 is 15.9 Å². The molecule has 0 atom stereocenters. The summed E-state index contributed by atoms with van der Waals surface area (Å²) >= 11 is 0. The van der Waals surface area contributed by atoms with Crippen molar-refractivity contribution in [3.63, 3.8) is 0 Å². The lowest BCUT2D eigenvalue weighted by Crippen LogP contribution is -1.96. The Balaban J connectivity index is 4.11. The molecule has 0 aliphatic rings. The number of hydrogen-bond donors (Lipinski definition) is 3. The van der Waals surface area contributed by atoms with Crippen LogP contribution in [-0.4, -0.2) is 16.8 Å². The Morgan fingerprint density at radius 2 is 2.20 bits per heavy atom. The summed E-state index contributed by atoms with van der Waals surface area (Å²) in [4.78, 5) is 0. The Labute approximate surface area is 59.8 Å². The summed E-state index contributed by atoms with van der Waals surface area (Å²) in [7, 11) is 0. The molecule has 3 nitrogen and oxygen atoms in total. The smallest absolute Gasteiger partial charge is 0.120 e. The quantitative estimate of drug-likeness (QED) is 0.395. The predicted molar refractivity (Wildman–Crippen MR) is 40.3 cm³/mol. The first-order valence-electron chi connectivity index (χ1n) is 2.79. The maximum Gasteiger partial charge on any atom is 0.120 e. The fourth-order valence-corrected chi connectivity index (χ4v) is 0.422. The van der Waals surface area contributed by atoms with E-state index in [0.29, 0.717) is 5.70 Å². The van der Waals surface area contributed by atoms with Crippen molar-refractivity contribution in [1.29, 1.82) is 0 Å². The Morgan fingerprint density at radius 1 is 1.60 bits per heavy atom. The highest BCUT2D eigenvalue weighted by molar-refractivity contribution is 5.21. The molecule has 3 heteroatoms. The maximum absolute atomic E-state index is 8.71. The minimum atomic E-state index is -0.397. The molecule has 0 spiro atoms. The predicted octanol–water partition coefficient (Wildman–Crippen LogP) is 0.449. The second-order valence-electron chi connectivity index (χ2n) is 1.70. The number of aliphatic hydroxyl groups is 2. The molecule has 4 N–H and O–H groups in total. The molecule has 0 aromatic rings. The second-order valence-corrected chi connectivity index (χ2v) is 1.70. The van der Waals surface area contributed by atoms with Gasteiger partial charge in [-0.25, -0.2) is 0 Å². The zero-order valence-electron chi connectivity index (χ0n) is 5.62. The van der Waals surface area contributed by atoms with E-state index >= 15 is 0 Å². The van der Waals surface area contributed by atoms with Gasteiger partial charge in [-0.1, -0.05) is 12.7 Å². The summed E-state index contributed by atoms with van der Waals surface area (Å²) in [6, 6.07) is 0. The van der Waals surface area contributed by atoms with Gasteiger partial charge in [-0.05, 0) is 6.08 Å². The molecule has 0 aliphatic carbocycles. The van der Waals surface area contributed by atoms with Crippen LogP contribution in [0.4, 0.5) is 0 Å². The van der Waals surface area contributed by atoms with Crippen molar-refractivity contribution in [2.45, 2.75) is 0 Å². The van der Waals surface area contributed by atoms with E-state index in [0.717, 1.165) is 0 Å². The van der Waals surface area contributed by atoms with Crippen LogP contribution < -0.4 is 5.73 Å². The van der Waals surface area contributed by atoms with Crippen LogP contribution in [0.25, 0.3) is 0 Å². The average molecular weight is 141 g/mol. The van der Waals surface area contributed by atoms with E-state index in [1.54, 1.807) is 0 Å². The second kappa shape index (κ2) is 4.64. The molecule has 0 amide bonds. The van der Waals surface area contributed by atoms with Gasteiger partial charge in [0.2, 0.25) is 0 Å². The van der Waals surface area contributed by atoms with Crippen molar-refractivity contribution < 1.29 is 10.2 Å². The van der Waals surface area contributed by atoms with Gasteiger partial charge in [0.05, 0.1) is 0 Å². The number of aliphatic hydroxyl groups excluding tert-OH is 2. The summed E-state index contributed by atoms with van der Waals surface area (Å²) in [5.74, 6) is -0.157. The lowest BCUT2D eigenvalue weighted by Gasteiger charge is -1.92. The largest absolute Gasteiger partial charge is 0.510 e. The first kappa shape index (κ1) is 8.78. The molecule has 0 radical (unpaired) electrons. The van der Waals surface area contributed by atoms with Gasteiger partial charge in [-0.3, -0.25) is 0 Å². The zero-order chi connectivity index (χ0) is 7.98. The van der Waals surface area contributed by atoms with E-state index in [2.05, 4.69) is 6.58 Å². The Hall–Kier alpha value is -1.22. The van der Waals surface area contributed by atoms with Crippen LogP contribution in [0.5, 0.6) is 0 Å². The van der Waals surface area contributed by atoms with E-state index < -0.39 is 6.61 Å². The minimum Gasteiger partial charge on any atom is -0.510 e. The molecule has 56 valence electrons. The molecule has 0 aromatic carbocycles. The molecule has 0 aliphatic heterocycles. The molecule has 10 heavy (non-hydrogen) atoms. The molecule has 0 saturated carbocycles. The summed E-state index contributed by atoms with van der Waals surface area (Å²) < 4.78 is 0. The van der Waals surface area contributed by atoms with E-state index in [-0.39, 0.29) is 5.76 Å². The Morgan fingerprint density at radius 3 is 2.60 bits per heavy atom. The van der Waals surface area contributed by atoms with Crippen LogP contribution in [-0.2, 0) is 0 Å². The van der Waals surface area contributed by atoms with Gasteiger partial charge in [0, 0.05) is 11.8 Å². The number of hydrogen-bond acceptors (Lipinski definition) is 3. The van der Waals surface area contributed by atoms with E-state index in [4.69, 9.17) is 15.9 Å². The molecular formula is C7H11NO2. The Kier molecular flexibility index (Phi) is 4.07. The average Bonchev–Trinajstić information content (AvgIpc) is 1.88. The fourth-order valence-electron chi connectivity index (χ4n) is 0.422. The van der Waals surface area contributed by atoms with Gasteiger partial charge >= 0.3 is 0 Å². The van der Waals surface area contributed by atoms with E-state index in [1.165, 1.54) is 18.2 Å². The fraction of sp³-hybridized carbons (Fsp3) is 0.143. The first-order chi connectivity index (χ1) is 4.70. The third-order valence-corrected chi connectivity index (χ3v) is 0.806. The third-order valence-electron chi connectivity index (χ3n) is 0.806. The molecule has 0 heterocycles. The van der Waals surface area contributed by atoms with Crippen LogP contribution in [0, 0.1) is 0 Å². The molecule has 0 bridgehead atoms. The number of nitrogens with two attached hydrogens (primary N) is 1. The Bertz CT molecular complexity index is 170. The highest BCUT2D eigenvalue weighted by Gasteiger charge is 1.87. The zero-order valence-corrected chi connectivity index (χ0v) is 5.62. The van der Waals surface area contributed by atoms with Crippen LogP contribution in [0.2, 0.25) is 0 Å². The van der Waals surface area contributed by atoms with Crippen molar-refractivity contribution in [1.82, 2.24) is 0 Å². The van der Waals surface area contributed by atoms with E-state index in [1.807, 2.05) is 0 Å². The van der Waals surface area contributed by atoms with Gasteiger partial charge in [0.1, 0.15) is 12.4 Å². The molecular weight excluding hydrogens is 130 g/mol. The van der Waals surface area contributed by atoms with Crippen molar-refractivity contribution >= 4 is 0 Å². The van der Waals surface area contributed by atoms with E-state index in [9.17, 15) is 0 Å². The van der Waals surface area contributed by atoms with Crippen LogP contribution in [0.1, 0.15) is 0 Å². The van der Waals surface area contributed by atoms with Crippen LogP contribution in [0.15, 0.2) is 36.3 Å². The summed E-state index contributed by atoms with van der Waals surface area (Å²) in [5, 5.41) is 17.0. The van der Waals surface area contributed by atoms with Gasteiger partial charge in [-0.2, -0.15) is 0 Å². The lowest BCUT2D eigenvalue weighted by molar-refractivity contribution is 0.253. The summed E-state index contributed by atoms with van der Waals surface area (Å²) in [6.45, 7) is 3.01. The summed E-state index contributed by atoms with van der Waals surface area (Å²) in [6.07, 6.45) is 4.28. The molecule has 0 fully saturated rings. The molecule has 0 saturated heterocycles. The monoisotopic (exact) mass is 141 g/mol. The van der Waals surface area contributed by atoms with Gasteiger partial charge in [-0.15, -0.1) is 0 Å². The molecule has 0 aromatic heterocycles. The highest BCUT2D eigenvalue weighted by atomic mass is 16.3. The van der Waals surface area contributed by atoms with Crippen molar-refractivity contribution in [3.05, 3.63) is 36.3 Å². The van der Waals surface area contributed by atoms with Crippen molar-refractivity contribution in [2.24, 2.45) is 5.73 Å². The molecule has 0 rings (SSSR count). The lowest BCUT2D eigenvalue weighted by atomic mass is 10.3. The number of rotatable bonds is 3. The third kappa shape index (κ3) is 3.74. The van der Waals surface area contributed by atoms with Crippen LogP contribution in [0.3, 0.4) is 0 Å². The van der Waals surface area contributed by atoms with Gasteiger partial charge in [0.15, 0.2) is 0 Å². The summed E-state index contributed by atoms with van der Waals surface area (Å²) in [5.41, 5.74) is 5.67. The standard InChI is InChI=1S/C7H11NO2/c1-2-3-6(8)4-7(10)5-9/h2-4,9-10H,1,5,8H2/b6-3+,7-4+. The van der Waals surface area contributed by atoms with Gasteiger partial charge in [0.25, 0.3) is 0 Å². The topological polar surface area (TPSA) is 66.5 Å². The first-order valence-corrected chi connectivity index (χ1v) is 2.79. The SMILES string of the molecule is C=C/C=C(N)\C=C(\O)CO. The van der Waals surface area contributed by atoms with Crippen molar-refractivity contribution in [2.75, 3.05) is 6.61 Å². The van der Waals surface area contributed by atoms with Crippen LogP contribution >= 0.6 is 0 Å². The molecule has 0 unspecified atom stereocenters. The van der Waals surface area contributed by atoms with Crippen molar-refractivity contribution in [3.8, 4) is 0 Å². The minimum absolute atomic E-state index is 0.157.